The van der Waals surface area contributed by atoms with Crippen LogP contribution in [0.25, 0.3) is 0 Å². The topological polar surface area (TPSA) is 29.5 Å². The number of ether oxygens (including phenoxy) is 1. The first-order valence-electron chi connectivity index (χ1n) is 6.05. The Bertz CT molecular complexity index is 628. The number of benzene rings is 2. The number of hydrogen-bond donors (Lipinski definition) is 1. The van der Waals surface area contributed by atoms with Crippen molar-refractivity contribution in [2.75, 3.05) is 6.61 Å². The van der Waals surface area contributed by atoms with Gasteiger partial charge in [-0.1, -0.05) is 41.9 Å². The monoisotopic (exact) mass is 278 g/mol. The van der Waals surface area contributed by atoms with Gasteiger partial charge in [-0.25, -0.2) is 4.39 Å². The summed E-state index contributed by atoms with van der Waals surface area (Å²) >= 11 is 5.75. The zero-order valence-corrected chi connectivity index (χ0v) is 10.8. The molecule has 1 N–H and O–H groups in total. The average molecular weight is 279 g/mol. The zero-order chi connectivity index (χ0) is 13.4. The molecule has 0 amide bonds. The maximum Gasteiger partial charge on any atom is 0.147 e. The van der Waals surface area contributed by atoms with Gasteiger partial charge >= 0.3 is 0 Å². The quantitative estimate of drug-likeness (QED) is 0.911. The Kier molecular flexibility index (Phi) is 3.17. The highest BCUT2D eigenvalue weighted by Gasteiger charge is 2.24. The van der Waals surface area contributed by atoms with Crippen LogP contribution in [0.2, 0.25) is 5.02 Å². The van der Waals surface area contributed by atoms with Crippen molar-refractivity contribution in [3.8, 4) is 5.75 Å². The van der Waals surface area contributed by atoms with Gasteiger partial charge in [-0.3, -0.25) is 0 Å². The number of para-hydroxylation sites is 1. The Morgan fingerprint density at radius 1 is 1.16 bits per heavy atom. The smallest absolute Gasteiger partial charge is 0.147 e. The van der Waals surface area contributed by atoms with Gasteiger partial charge in [0, 0.05) is 17.5 Å². The van der Waals surface area contributed by atoms with E-state index in [0.29, 0.717) is 17.9 Å². The molecule has 2 aromatic carbocycles. The zero-order valence-electron chi connectivity index (χ0n) is 10.1. The second kappa shape index (κ2) is 4.83. The largest absolute Gasteiger partial charge is 0.493 e. The third-order valence-electron chi connectivity index (χ3n) is 3.32. The van der Waals surface area contributed by atoms with Crippen LogP contribution in [-0.2, 0) is 6.42 Å². The minimum Gasteiger partial charge on any atom is -0.493 e. The molecule has 1 aliphatic rings. The third kappa shape index (κ3) is 2.09. The lowest BCUT2D eigenvalue weighted by Gasteiger charge is -2.16. The van der Waals surface area contributed by atoms with E-state index in [4.69, 9.17) is 16.3 Å². The fraction of sp³-hybridized carbons (Fsp3) is 0.200. The number of hydrogen-bond acceptors (Lipinski definition) is 2. The summed E-state index contributed by atoms with van der Waals surface area (Å²) in [7, 11) is 0. The summed E-state index contributed by atoms with van der Waals surface area (Å²) in [4.78, 5) is 0. The van der Waals surface area contributed by atoms with Crippen molar-refractivity contribution in [2.24, 2.45) is 0 Å². The first-order valence-corrected chi connectivity index (χ1v) is 6.43. The van der Waals surface area contributed by atoms with Crippen LogP contribution in [0.4, 0.5) is 4.39 Å². The summed E-state index contributed by atoms with van der Waals surface area (Å²) in [6.07, 6.45) is -0.264. The maximum atomic E-state index is 14.0. The molecule has 98 valence electrons. The summed E-state index contributed by atoms with van der Waals surface area (Å²) in [6.45, 7) is 0.594. The van der Waals surface area contributed by atoms with Crippen LogP contribution in [0.15, 0.2) is 36.4 Å². The normalized spacial score (nSPS) is 14.9. The molecule has 0 radical (unpaired) electrons. The molecule has 0 aromatic heterocycles. The number of halogens is 2. The van der Waals surface area contributed by atoms with Gasteiger partial charge in [-0.05, 0) is 11.6 Å². The SMILES string of the molecule is OC(c1cccc(Cl)c1F)c1cccc2c1OCC2. The van der Waals surface area contributed by atoms with E-state index in [1.54, 1.807) is 12.1 Å². The van der Waals surface area contributed by atoms with Crippen molar-refractivity contribution < 1.29 is 14.2 Å². The molecule has 0 saturated carbocycles. The highest BCUT2D eigenvalue weighted by atomic mass is 35.5. The lowest BCUT2D eigenvalue weighted by molar-refractivity contribution is 0.208. The Labute approximate surface area is 115 Å². The van der Waals surface area contributed by atoms with Crippen molar-refractivity contribution >= 4 is 11.6 Å². The Balaban J connectivity index is 2.08. The highest BCUT2D eigenvalue weighted by molar-refractivity contribution is 6.30. The molecule has 0 saturated heterocycles. The molecule has 0 fully saturated rings. The third-order valence-corrected chi connectivity index (χ3v) is 3.61. The number of fused-ring (bicyclic) bond motifs is 1. The van der Waals surface area contributed by atoms with Crippen LogP contribution in [0.3, 0.4) is 0 Å². The molecule has 0 aliphatic carbocycles. The molecular formula is C15H12ClFO2. The van der Waals surface area contributed by atoms with Crippen LogP contribution in [-0.4, -0.2) is 11.7 Å². The summed E-state index contributed by atoms with van der Waals surface area (Å²) in [5, 5.41) is 10.4. The highest BCUT2D eigenvalue weighted by Crippen LogP contribution is 2.37. The molecule has 0 spiro atoms. The van der Waals surface area contributed by atoms with Gasteiger partial charge in [0.15, 0.2) is 0 Å². The van der Waals surface area contributed by atoms with E-state index in [-0.39, 0.29) is 10.6 Å². The van der Waals surface area contributed by atoms with E-state index in [2.05, 4.69) is 0 Å². The van der Waals surface area contributed by atoms with E-state index in [0.717, 1.165) is 12.0 Å². The number of aliphatic hydroxyl groups is 1. The molecule has 3 rings (SSSR count). The Morgan fingerprint density at radius 2 is 1.89 bits per heavy atom. The second-order valence-corrected chi connectivity index (χ2v) is 4.89. The van der Waals surface area contributed by atoms with Crippen molar-refractivity contribution in [1.82, 2.24) is 0 Å². The molecule has 1 heterocycles. The number of rotatable bonds is 2. The summed E-state index contributed by atoms with van der Waals surface area (Å²) in [5.74, 6) is 0.0710. The molecule has 2 nitrogen and oxygen atoms in total. The number of aliphatic hydroxyl groups excluding tert-OH is 1. The van der Waals surface area contributed by atoms with Gasteiger partial charge in [-0.2, -0.15) is 0 Å². The summed E-state index contributed by atoms with van der Waals surface area (Å²) in [5.41, 5.74) is 1.78. The van der Waals surface area contributed by atoms with Crippen LogP contribution in [0.1, 0.15) is 22.8 Å². The summed E-state index contributed by atoms with van der Waals surface area (Å²) < 4.78 is 19.5. The predicted octanol–water partition coefficient (Wildman–Crippen LogP) is 3.50. The van der Waals surface area contributed by atoms with Crippen LogP contribution < -0.4 is 4.74 Å². The van der Waals surface area contributed by atoms with Gasteiger partial charge in [-0.15, -0.1) is 0 Å². The molecule has 2 aromatic rings. The fourth-order valence-electron chi connectivity index (χ4n) is 2.36. The molecule has 0 bridgehead atoms. The minimum absolute atomic E-state index is 0.00467. The van der Waals surface area contributed by atoms with E-state index < -0.39 is 11.9 Å². The van der Waals surface area contributed by atoms with E-state index >= 15 is 0 Å². The van der Waals surface area contributed by atoms with Crippen LogP contribution in [0, 0.1) is 5.82 Å². The lowest BCUT2D eigenvalue weighted by Crippen LogP contribution is -2.04. The van der Waals surface area contributed by atoms with Crippen molar-refractivity contribution in [1.29, 1.82) is 0 Å². The van der Waals surface area contributed by atoms with Gasteiger partial charge < -0.3 is 9.84 Å². The molecule has 1 atom stereocenters. The van der Waals surface area contributed by atoms with Crippen molar-refractivity contribution in [3.63, 3.8) is 0 Å². The van der Waals surface area contributed by atoms with Crippen molar-refractivity contribution in [2.45, 2.75) is 12.5 Å². The van der Waals surface area contributed by atoms with E-state index in [1.165, 1.54) is 12.1 Å². The summed E-state index contributed by atoms with van der Waals surface area (Å²) in [6, 6.07) is 10.1. The maximum absolute atomic E-state index is 14.0. The minimum atomic E-state index is -1.08. The van der Waals surface area contributed by atoms with Gasteiger partial charge in [0.25, 0.3) is 0 Å². The standard InChI is InChI=1S/C15H12ClFO2/c16-12-6-2-4-10(13(12)17)14(18)11-5-1-3-9-7-8-19-15(9)11/h1-6,14,18H,7-8H2. The Morgan fingerprint density at radius 3 is 2.74 bits per heavy atom. The molecule has 1 unspecified atom stereocenters. The van der Waals surface area contributed by atoms with Crippen molar-refractivity contribution in [3.05, 3.63) is 63.9 Å². The molecule has 1 aliphatic heterocycles. The van der Waals surface area contributed by atoms with Crippen LogP contribution >= 0.6 is 11.6 Å². The van der Waals surface area contributed by atoms with E-state index in [1.807, 2.05) is 12.1 Å². The molecule has 4 heteroatoms. The predicted molar refractivity (Wildman–Crippen MR) is 71.1 cm³/mol. The van der Waals surface area contributed by atoms with Gasteiger partial charge in [0.1, 0.15) is 17.7 Å². The first kappa shape index (κ1) is 12.5. The Hall–Kier alpha value is -1.58. The van der Waals surface area contributed by atoms with E-state index in [9.17, 15) is 9.50 Å². The second-order valence-electron chi connectivity index (χ2n) is 4.48. The molecular weight excluding hydrogens is 267 g/mol. The van der Waals surface area contributed by atoms with Gasteiger partial charge in [0.2, 0.25) is 0 Å². The van der Waals surface area contributed by atoms with Gasteiger partial charge in [0.05, 0.1) is 11.6 Å². The molecule has 19 heavy (non-hydrogen) atoms. The lowest BCUT2D eigenvalue weighted by atomic mass is 9.98. The fourth-order valence-corrected chi connectivity index (χ4v) is 2.54. The first-order chi connectivity index (χ1) is 9.18. The van der Waals surface area contributed by atoms with Crippen LogP contribution in [0.5, 0.6) is 5.75 Å². The average Bonchev–Trinajstić information content (AvgIpc) is 2.89.